The lowest BCUT2D eigenvalue weighted by Crippen LogP contribution is -2.57. The third-order valence-corrected chi connectivity index (χ3v) is 13.9. The van der Waals surface area contributed by atoms with Gasteiger partial charge in [-0.25, -0.2) is 4.79 Å². The molecule has 1 aromatic rings. The Hall–Kier alpha value is -3.49. The van der Waals surface area contributed by atoms with E-state index in [9.17, 15) is 29.1 Å². The van der Waals surface area contributed by atoms with Gasteiger partial charge in [-0.15, -0.1) is 0 Å². The van der Waals surface area contributed by atoms with Gasteiger partial charge in [0, 0.05) is 19.6 Å². The number of carbonyl (C=O) groups excluding carboxylic acids is 5. The number of rotatable bonds is 12. The number of carbonyl (C=O) groups is 5. The molecule has 2 aliphatic rings. The lowest BCUT2D eigenvalue weighted by Gasteiger charge is -2.40. The average Bonchev–Trinajstić information content (AvgIpc) is 3.67. The van der Waals surface area contributed by atoms with Crippen LogP contribution in [0, 0.1) is 5.92 Å². The molecule has 2 saturated heterocycles. The maximum Gasteiger partial charge on any atom is 0.408 e. The van der Waals surface area contributed by atoms with E-state index >= 15 is 0 Å². The van der Waals surface area contributed by atoms with Gasteiger partial charge in [0.25, 0.3) is 0 Å². The molecule has 6 atom stereocenters. The van der Waals surface area contributed by atoms with Crippen molar-refractivity contribution < 1.29 is 38.2 Å². The number of ether oxygens (including phenoxy) is 1. The average molecular weight is 662 g/mol. The number of benzene rings is 1. The van der Waals surface area contributed by atoms with Crippen LogP contribution in [0.2, 0.25) is 18.1 Å². The molecule has 2 fully saturated rings. The summed E-state index contributed by atoms with van der Waals surface area (Å²) in [4.78, 5) is 68.3. The van der Waals surface area contributed by atoms with Gasteiger partial charge < -0.3 is 40.4 Å². The number of nitrogens with one attached hydrogen (secondary N) is 2. The van der Waals surface area contributed by atoms with E-state index in [0.717, 1.165) is 5.56 Å². The van der Waals surface area contributed by atoms with Gasteiger partial charge in [0.05, 0.1) is 18.1 Å². The molecule has 0 aromatic heterocycles. The summed E-state index contributed by atoms with van der Waals surface area (Å²) in [6, 6.07) is 6.07. The molecule has 5 amide bonds. The molecule has 0 aliphatic carbocycles. The van der Waals surface area contributed by atoms with Crippen LogP contribution in [-0.2, 0) is 34.9 Å². The summed E-state index contributed by atoms with van der Waals surface area (Å²) in [7, 11) is -2.34. The van der Waals surface area contributed by atoms with E-state index in [2.05, 4.69) is 44.5 Å². The lowest BCUT2D eigenvalue weighted by molar-refractivity contribution is -0.142. The van der Waals surface area contributed by atoms with Gasteiger partial charge in [0.1, 0.15) is 24.7 Å². The smallest absolute Gasteiger partial charge is 0.408 e. The minimum atomic E-state index is -2.34. The third-order valence-electron chi connectivity index (χ3n) is 9.28. The molecule has 256 valence electrons. The first-order chi connectivity index (χ1) is 21.4. The van der Waals surface area contributed by atoms with Crippen molar-refractivity contribution in [3.8, 4) is 0 Å². The highest BCUT2D eigenvalue weighted by atomic mass is 28.4. The highest BCUT2D eigenvalue weighted by Gasteiger charge is 2.45. The number of likely N-dealkylation sites (tertiary alicyclic amines) is 2. The molecule has 0 bridgehead atoms. The fourth-order valence-electron chi connectivity index (χ4n) is 5.56. The first-order valence-electron chi connectivity index (χ1n) is 15.9. The van der Waals surface area contributed by atoms with Crippen LogP contribution in [0.1, 0.15) is 59.4 Å². The van der Waals surface area contributed by atoms with Crippen LogP contribution in [0.25, 0.3) is 0 Å². The molecule has 14 heteroatoms. The van der Waals surface area contributed by atoms with Gasteiger partial charge in [-0.1, -0.05) is 51.1 Å². The van der Waals surface area contributed by atoms with Crippen molar-refractivity contribution in [1.82, 2.24) is 20.4 Å². The maximum absolute atomic E-state index is 14.0. The van der Waals surface area contributed by atoms with Crippen molar-refractivity contribution in [3.05, 3.63) is 35.9 Å². The van der Waals surface area contributed by atoms with E-state index in [1.807, 2.05) is 30.3 Å². The second-order valence-electron chi connectivity index (χ2n) is 13.9. The van der Waals surface area contributed by atoms with Gasteiger partial charge in [0.2, 0.25) is 23.6 Å². The molecule has 0 radical (unpaired) electrons. The number of primary amides is 1. The lowest BCUT2D eigenvalue weighted by atomic mass is 10.1. The molecule has 1 aromatic carbocycles. The Morgan fingerprint density at radius 2 is 1.67 bits per heavy atom. The van der Waals surface area contributed by atoms with E-state index in [1.165, 1.54) is 11.8 Å². The molecule has 2 aliphatic heterocycles. The number of nitrogens with two attached hydrogens (primary N) is 1. The Labute approximate surface area is 272 Å². The van der Waals surface area contributed by atoms with Crippen molar-refractivity contribution in [3.63, 3.8) is 0 Å². The number of alkyl carbamates (subject to hydrolysis) is 1. The Kier molecular flexibility index (Phi) is 12.4. The molecular weight excluding hydrogens is 610 g/mol. The topological polar surface area (TPSA) is 181 Å². The van der Waals surface area contributed by atoms with Crippen LogP contribution in [0.5, 0.6) is 0 Å². The number of amides is 5. The zero-order valence-corrected chi connectivity index (χ0v) is 29.1. The Morgan fingerprint density at radius 1 is 1.02 bits per heavy atom. The number of aliphatic hydroxyl groups is 1. The van der Waals surface area contributed by atoms with Crippen molar-refractivity contribution in [2.45, 2.75) is 109 Å². The van der Waals surface area contributed by atoms with Crippen LogP contribution in [0.15, 0.2) is 30.3 Å². The maximum atomic E-state index is 14.0. The first-order valence-corrected chi connectivity index (χ1v) is 18.9. The van der Waals surface area contributed by atoms with Crippen LogP contribution < -0.4 is 16.4 Å². The summed E-state index contributed by atoms with van der Waals surface area (Å²) in [5.74, 6) is -2.63. The standard InChI is InChI=1S/C32H51N5O8Si/c1-20(38)25(27(33)39)34-28(40)24-14-11-16-37(24)29(41)23-15-17-36(18-23)30(42)26(21(2)45-46(6,7)32(3,4)5)35-31(43)44-19-22-12-9-8-10-13-22/h8-10,12-13,20-21,23-26,38H,11,14-19H2,1-7H3,(H2,33,39)(H,34,40)(H,35,43)/t20-,21-,23-,24-,25+,26+/m1/s1. The quantitative estimate of drug-likeness (QED) is 0.245. The van der Waals surface area contributed by atoms with E-state index in [0.29, 0.717) is 25.8 Å². The van der Waals surface area contributed by atoms with Crippen molar-refractivity contribution >= 4 is 38.0 Å². The van der Waals surface area contributed by atoms with Crippen molar-refractivity contribution in [1.29, 1.82) is 0 Å². The fourth-order valence-corrected chi connectivity index (χ4v) is 6.98. The summed E-state index contributed by atoms with van der Waals surface area (Å²) >= 11 is 0. The molecule has 0 unspecified atom stereocenters. The highest BCUT2D eigenvalue weighted by molar-refractivity contribution is 6.74. The van der Waals surface area contributed by atoms with Gasteiger partial charge in [-0.05, 0) is 56.8 Å². The predicted molar refractivity (Wildman–Crippen MR) is 174 cm³/mol. The third kappa shape index (κ3) is 9.29. The Bertz CT molecular complexity index is 1250. The SMILES string of the molecule is C[C@@H](O)[C@H](NC(=O)[C@H]1CCCN1C(=O)[C@@H]1CCN(C(=O)[C@@H](NC(=O)OCc2ccccc2)[C@@H](C)O[Si](C)(C)C(C)(C)C)C1)C(N)=O. The summed E-state index contributed by atoms with van der Waals surface area (Å²) < 4.78 is 11.9. The molecule has 3 rings (SSSR count). The van der Waals surface area contributed by atoms with Gasteiger partial charge in [-0.2, -0.15) is 0 Å². The summed E-state index contributed by atoms with van der Waals surface area (Å²) in [6.45, 7) is 14.3. The molecule has 0 saturated carbocycles. The normalized spacial score (nSPS) is 21.2. The Morgan fingerprint density at radius 3 is 2.26 bits per heavy atom. The van der Waals surface area contributed by atoms with Gasteiger partial charge in [0.15, 0.2) is 8.32 Å². The minimum absolute atomic E-state index is 0.0350. The predicted octanol–water partition coefficient (Wildman–Crippen LogP) is 1.88. The van der Waals surface area contributed by atoms with Gasteiger partial charge >= 0.3 is 6.09 Å². The molecular formula is C32H51N5O8Si. The zero-order chi connectivity index (χ0) is 34.4. The number of hydrogen-bond acceptors (Lipinski definition) is 8. The number of aliphatic hydroxyl groups excluding tert-OH is 1. The second kappa shape index (κ2) is 15.4. The summed E-state index contributed by atoms with van der Waals surface area (Å²) in [5, 5.41) is 14.9. The van der Waals surface area contributed by atoms with Crippen LogP contribution in [0.3, 0.4) is 0 Å². The van der Waals surface area contributed by atoms with Crippen molar-refractivity contribution in [2.75, 3.05) is 19.6 Å². The van der Waals surface area contributed by atoms with Gasteiger partial charge in [-0.3, -0.25) is 19.2 Å². The summed E-state index contributed by atoms with van der Waals surface area (Å²) in [6.07, 6.45) is -1.24. The van der Waals surface area contributed by atoms with Crippen LogP contribution >= 0.6 is 0 Å². The molecule has 2 heterocycles. The van der Waals surface area contributed by atoms with E-state index in [-0.39, 0.29) is 36.5 Å². The molecule has 5 N–H and O–H groups in total. The van der Waals surface area contributed by atoms with Crippen LogP contribution in [-0.4, -0.2) is 103 Å². The molecule has 0 spiro atoms. The van der Waals surface area contributed by atoms with Crippen LogP contribution in [0.4, 0.5) is 4.79 Å². The second-order valence-corrected chi connectivity index (χ2v) is 18.6. The van der Waals surface area contributed by atoms with E-state index in [4.69, 9.17) is 14.9 Å². The summed E-state index contributed by atoms with van der Waals surface area (Å²) in [5.41, 5.74) is 6.13. The Balaban J connectivity index is 1.71. The molecule has 46 heavy (non-hydrogen) atoms. The monoisotopic (exact) mass is 661 g/mol. The van der Waals surface area contributed by atoms with E-state index in [1.54, 1.807) is 11.8 Å². The number of hydrogen-bond donors (Lipinski definition) is 4. The largest absolute Gasteiger partial charge is 0.445 e. The number of nitrogens with zero attached hydrogens (tertiary/aromatic N) is 2. The first kappa shape index (κ1) is 37.0. The van der Waals surface area contributed by atoms with Crippen molar-refractivity contribution in [2.24, 2.45) is 11.7 Å². The van der Waals surface area contributed by atoms with E-state index < -0.39 is 62.5 Å². The minimum Gasteiger partial charge on any atom is -0.445 e. The fraction of sp³-hybridized carbons (Fsp3) is 0.656. The zero-order valence-electron chi connectivity index (χ0n) is 28.1. The molecule has 13 nitrogen and oxygen atoms in total. The highest BCUT2D eigenvalue weighted by Crippen LogP contribution is 2.38.